The molecule has 1 aromatic rings. The van der Waals surface area contributed by atoms with Crippen molar-refractivity contribution >= 4 is 5.70 Å². The molecule has 0 aliphatic carbocycles. The van der Waals surface area contributed by atoms with E-state index in [1.807, 2.05) is 12.1 Å². The topological polar surface area (TPSA) is 64.9 Å². The Bertz CT molecular complexity index is 288. The van der Waals surface area contributed by atoms with Crippen molar-refractivity contribution in [2.45, 2.75) is 0 Å². The first-order chi connectivity index (χ1) is 5.84. The quantitative estimate of drug-likeness (QED) is 0.632. The van der Waals surface area contributed by atoms with Crippen LogP contribution < -0.4 is 11.5 Å². The second kappa shape index (κ2) is 4.18. The van der Waals surface area contributed by atoms with Crippen LogP contribution in [-0.2, 0) is 0 Å². The minimum Gasteiger partial charge on any atom is -0.405 e. The molecular formula is C9H11N3. The number of pyridine rings is 1. The molecule has 0 saturated heterocycles. The minimum absolute atomic E-state index is 0.680. The van der Waals surface area contributed by atoms with Crippen molar-refractivity contribution < 1.29 is 0 Å². The summed E-state index contributed by atoms with van der Waals surface area (Å²) in [6, 6.07) is 3.69. The summed E-state index contributed by atoms with van der Waals surface area (Å²) in [6.07, 6.45) is 8.27. The fraction of sp³-hybridized carbons (Fsp3) is 0. The van der Waals surface area contributed by atoms with Crippen molar-refractivity contribution in [3.8, 4) is 0 Å². The second-order valence-corrected chi connectivity index (χ2v) is 2.24. The van der Waals surface area contributed by atoms with Gasteiger partial charge in [-0.05, 0) is 30.5 Å². The van der Waals surface area contributed by atoms with Gasteiger partial charge in [-0.25, -0.2) is 0 Å². The van der Waals surface area contributed by atoms with E-state index in [1.165, 1.54) is 6.20 Å². The van der Waals surface area contributed by atoms with E-state index in [2.05, 4.69) is 4.98 Å². The molecule has 3 heteroatoms. The van der Waals surface area contributed by atoms with Gasteiger partial charge in [0.2, 0.25) is 0 Å². The Morgan fingerprint density at radius 2 is 2.00 bits per heavy atom. The van der Waals surface area contributed by atoms with Crippen molar-refractivity contribution in [2.75, 3.05) is 0 Å². The van der Waals surface area contributed by atoms with E-state index < -0.39 is 0 Å². The van der Waals surface area contributed by atoms with Gasteiger partial charge in [-0.2, -0.15) is 0 Å². The Morgan fingerprint density at radius 1 is 1.33 bits per heavy atom. The number of hydrogen-bond acceptors (Lipinski definition) is 3. The highest BCUT2D eigenvalue weighted by atomic mass is 14.6. The fourth-order valence-corrected chi connectivity index (χ4v) is 0.800. The molecule has 0 saturated carbocycles. The van der Waals surface area contributed by atoms with Gasteiger partial charge in [0.25, 0.3) is 0 Å². The van der Waals surface area contributed by atoms with Crippen LogP contribution in [0.3, 0.4) is 0 Å². The summed E-state index contributed by atoms with van der Waals surface area (Å²) in [4.78, 5) is 3.88. The maximum atomic E-state index is 5.71. The smallest absolute Gasteiger partial charge is 0.0389 e. The maximum absolute atomic E-state index is 5.71. The van der Waals surface area contributed by atoms with Crippen LogP contribution in [-0.4, -0.2) is 4.98 Å². The molecule has 0 radical (unpaired) electrons. The Balaban J connectivity index is 2.85. The standard InChI is InChI=1S/C9H11N3/c10-5-1-2-9(11)8-3-6-12-7-4-8/h1-7H,10-11H2/b5-1-,9-2-. The summed E-state index contributed by atoms with van der Waals surface area (Å²) in [5.41, 5.74) is 12.5. The molecule has 4 N–H and O–H groups in total. The average Bonchev–Trinajstić information content (AvgIpc) is 2.15. The SMILES string of the molecule is N/C=C\C=C(/N)c1ccncc1. The molecule has 1 heterocycles. The van der Waals surface area contributed by atoms with Gasteiger partial charge in [-0.3, -0.25) is 4.98 Å². The van der Waals surface area contributed by atoms with Gasteiger partial charge in [0.1, 0.15) is 0 Å². The fourth-order valence-electron chi connectivity index (χ4n) is 0.800. The Morgan fingerprint density at radius 3 is 2.58 bits per heavy atom. The number of nitrogens with zero attached hydrogens (tertiary/aromatic N) is 1. The number of aromatic nitrogens is 1. The molecule has 0 fully saturated rings. The monoisotopic (exact) mass is 161 g/mol. The summed E-state index contributed by atoms with van der Waals surface area (Å²) < 4.78 is 0. The lowest BCUT2D eigenvalue weighted by Gasteiger charge is -1.97. The number of rotatable bonds is 2. The van der Waals surface area contributed by atoms with E-state index in [1.54, 1.807) is 24.5 Å². The third-order valence-electron chi connectivity index (χ3n) is 1.40. The zero-order valence-corrected chi connectivity index (χ0v) is 6.64. The van der Waals surface area contributed by atoms with Crippen LogP contribution in [0.4, 0.5) is 0 Å². The second-order valence-electron chi connectivity index (χ2n) is 2.24. The van der Waals surface area contributed by atoms with Crippen molar-refractivity contribution in [1.29, 1.82) is 0 Å². The zero-order valence-electron chi connectivity index (χ0n) is 6.64. The molecule has 0 aliphatic rings. The molecule has 1 aromatic heterocycles. The molecular weight excluding hydrogens is 150 g/mol. The lowest BCUT2D eigenvalue weighted by Crippen LogP contribution is -1.95. The molecule has 62 valence electrons. The highest BCUT2D eigenvalue weighted by molar-refractivity contribution is 5.63. The molecule has 3 nitrogen and oxygen atoms in total. The third kappa shape index (κ3) is 2.12. The van der Waals surface area contributed by atoms with Crippen LogP contribution in [0.15, 0.2) is 42.9 Å². The lowest BCUT2D eigenvalue weighted by molar-refractivity contribution is 1.31. The average molecular weight is 161 g/mol. The van der Waals surface area contributed by atoms with Crippen LogP contribution >= 0.6 is 0 Å². The van der Waals surface area contributed by atoms with Gasteiger partial charge in [0, 0.05) is 23.7 Å². The van der Waals surface area contributed by atoms with E-state index in [9.17, 15) is 0 Å². The van der Waals surface area contributed by atoms with Gasteiger partial charge in [0.15, 0.2) is 0 Å². The van der Waals surface area contributed by atoms with Gasteiger partial charge < -0.3 is 11.5 Å². The van der Waals surface area contributed by atoms with E-state index in [-0.39, 0.29) is 0 Å². The number of hydrogen-bond donors (Lipinski definition) is 2. The summed E-state index contributed by atoms with van der Waals surface area (Å²) in [5.74, 6) is 0. The molecule has 0 amide bonds. The van der Waals surface area contributed by atoms with Crippen molar-refractivity contribution in [2.24, 2.45) is 11.5 Å². The first kappa shape index (κ1) is 8.33. The van der Waals surface area contributed by atoms with Gasteiger partial charge in [-0.1, -0.05) is 0 Å². The molecule has 0 atom stereocenters. The lowest BCUT2D eigenvalue weighted by atomic mass is 10.2. The van der Waals surface area contributed by atoms with Crippen LogP contribution in [0.1, 0.15) is 5.56 Å². The van der Waals surface area contributed by atoms with E-state index in [4.69, 9.17) is 11.5 Å². The predicted molar refractivity (Wildman–Crippen MR) is 49.7 cm³/mol. The summed E-state index contributed by atoms with van der Waals surface area (Å²) >= 11 is 0. The molecule has 0 aromatic carbocycles. The number of allylic oxidation sites excluding steroid dienone is 2. The Labute approximate surface area is 71.4 Å². The highest BCUT2D eigenvalue weighted by Crippen LogP contribution is 2.05. The third-order valence-corrected chi connectivity index (χ3v) is 1.40. The molecule has 0 unspecified atom stereocenters. The van der Waals surface area contributed by atoms with E-state index >= 15 is 0 Å². The maximum Gasteiger partial charge on any atom is 0.0389 e. The largest absolute Gasteiger partial charge is 0.405 e. The van der Waals surface area contributed by atoms with E-state index in [0.29, 0.717) is 5.70 Å². The number of nitrogens with two attached hydrogens (primary N) is 2. The normalized spacial score (nSPS) is 12.2. The van der Waals surface area contributed by atoms with Crippen molar-refractivity contribution in [1.82, 2.24) is 4.98 Å². The van der Waals surface area contributed by atoms with Crippen LogP contribution in [0, 0.1) is 0 Å². The minimum atomic E-state index is 0.680. The van der Waals surface area contributed by atoms with Gasteiger partial charge >= 0.3 is 0 Å². The molecule has 0 spiro atoms. The van der Waals surface area contributed by atoms with E-state index in [0.717, 1.165) is 5.56 Å². The molecule has 0 bridgehead atoms. The summed E-state index contributed by atoms with van der Waals surface area (Å²) in [6.45, 7) is 0. The highest BCUT2D eigenvalue weighted by Gasteiger charge is 1.91. The van der Waals surface area contributed by atoms with Gasteiger partial charge in [-0.15, -0.1) is 0 Å². The Hall–Kier alpha value is -1.77. The first-order valence-corrected chi connectivity index (χ1v) is 3.59. The molecule has 1 rings (SSSR count). The van der Waals surface area contributed by atoms with Gasteiger partial charge in [0.05, 0.1) is 0 Å². The van der Waals surface area contributed by atoms with Crippen LogP contribution in [0.2, 0.25) is 0 Å². The zero-order chi connectivity index (χ0) is 8.81. The summed E-state index contributed by atoms with van der Waals surface area (Å²) in [5, 5.41) is 0. The molecule has 12 heavy (non-hydrogen) atoms. The Kier molecular flexibility index (Phi) is 2.90. The van der Waals surface area contributed by atoms with Crippen LogP contribution in [0.5, 0.6) is 0 Å². The van der Waals surface area contributed by atoms with Crippen molar-refractivity contribution in [3.05, 3.63) is 48.4 Å². The predicted octanol–water partition coefficient (Wildman–Crippen LogP) is 0.854. The van der Waals surface area contributed by atoms with Crippen LogP contribution in [0.25, 0.3) is 5.70 Å². The molecule has 0 aliphatic heterocycles. The van der Waals surface area contributed by atoms with Crippen molar-refractivity contribution in [3.63, 3.8) is 0 Å². The summed E-state index contributed by atoms with van der Waals surface area (Å²) in [7, 11) is 0. The first-order valence-electron chi connectivity index (χ1n) is 3.59.